The second-order valence-corrected chi connectivity index (χ2v) is 5.39. The predicted molar refractivity (Wildman–Crippen MR) is 79.8 cm³/mol. The molecule has 0 aromatic carbocycles. The molecule has 1 aromatic rings. The average Bonchev–Trinajstić information content (AvgIpc) is 3.28. The number of carboxylic acid groups (broad SMARTS) is 1. The molecule has 2 N–H and O–H groups in total. The van der Waals surface area contributed by atoms with Crippen LogP contribution in [0.5, 0.6) is 0 Å². The van der Waals surface area contributed by atoms with Crippen LogP contribution < -0.4 is 5.32 Å². The molecule has 5 nitrogen and oxygen atoms in total. The molecule has 2 rings (SSSR count). The monoisotopic (exact) mass is 288 g/mol. The minimum absolute atomic E-state index is 0.171. The van der Waals surface area contributed by atoms with Crippen molar-refractivity contribution in [2.24, 2.45) is 5.92 Å². The van der Waals surface area contributed by atoms with E-state index in [1.165, 1.54) is 31.3 Å². The Morgan fingerprint density at radius 2 is 2.29 bits per heavy atom. The lowest BCUT2D eigenvalue weighted by molar-refractivity contribution is -0.131. The van der Waals surface area contributed by atoms with Gasteiger partial charge in [-0.3, -0.25) is 9.78 Å². The molecule has 1 atom stereocenters. The number of nitrogens with one attached hydrogen (secondary N) is 1. The number of hydrogen-bond acceptors (Lipinski definition) is 3. The number of rotatable bonds is 7. The zero-order valence-electron chi connectivity index (χ0n) is 12.1. The maximum absolute atomic E-state index is 12.4. The van der Waals surface area contributed by atoms with Crippen LogP contribution >= 0.6 is 0 Å². The number of amides is 1. The smallest absolute Gasteiger partial charge is 0.328 e. The summed E-state index contributed by atoms with van der Waals surface area (Å²) >= 11 is 0. The van der Waals surface area contributed by atoms with Gasteiger partial charge in [0.15, 0.2) is 0 Å². The van der Waals surface area contributed by atoms with E-state index in [1.54, 1.807) is 6.07 Å². The van der Waals surface area contributed by atoms with Crippen molar-refractivity contribution in [3.63, 3.8) is 0 Å². The lowest BCUT2D eigenvalue weighted by Gasteiger charge is -2.17. The molecule has 1 aliphatic carbocycles. The summed E-state index contributed by atoms with van der Waals surface area (Å²) in [7, 11) is 0. The van der Waals surface area contributed by atoms with Crippen molar-refractivity contribution in [3.8, 4) is 0 Å². The first-order chi connectivity index (χ1) is 10.1. The molecule has 0 spiro atoms. The van der Waals surface area contributed by atoms with Crippen LogP contribution in [0.4, 0.5) is 0 Å². The van der Waals surface area contributed by atoms with E-state index >= 15 is 0 Å². The fraction of sp³-hybridized carbons (Fsp3) is 0.438. The molecule has 1 aromatic heterocycles. The number of carbonyl (C=O) groups excluding carboxylic acids is 1. The second kappa shape index (κ2) is 7.02. The third kappa shape index (κ3) is 4.70. The van der Waals surface area contributed by atoms with Crippen LogP contribution in [0.25, 0.3) is 6.08 Å². The third-order valence-electron chi connectivity index (χ3n) is 3.64. The molecular weight excluding hydrogens is 268 g/mol. The molecule has 1 heterocycles. The quantitative estimate of drug-likeness (QED) is 0.755. The van der Waals surface area contributed by atoms with Crippen LogP contribution in [0.3, 0.4) is 0 Å². The first-order valence-corrected chi connectivity index (χ1v) is 7.26. The van der Waals surface area contributed by atoms with Crippen molar-refractivity contribution in [1.82, 2.24) is 10.3 Å². The van der Waals surface area contributed by atoms with Gasteiger partial charge < -0.3 is 10.4 Å². The molecule has 1 fully saturated rings. The van der Waals surface area contributed by atoms with Gasteiger partial charge in [-0.15, -0.1) is 0 Å². The summed E-state index contributed by atoms with van der Waals surface area (Å²) in [5, 5.41) is 11.7. The Morgan fingerprint density at radius 1 is 1.52 bits per heavy atom. The summed E-state index contributed by atoms with van der Waals surface area (Å²) in [4.78, 5) is 26.9. The van der Waals surface area contributed by atoms with Gasteiger partial charge in [0.25, 0.3) is 5.91 Å². The van der Waals surface area contributed by atoms with Crippen LogP contribution in [0.1, 0.15) is 48.5 Å². The van der Waals surface area contributed by atoms with Gasteiger partial charge in [0, 0.05) is 35.6 Å². The van der Waals surface area contributed by atoms with E-state index in [2.05, 4.69) is 17.2 Å². The van der Waals surface area contributed by atoms with E-state index in [9.17, 15) is 9.59 Å². The van der Waals surface area contributed by atoms with Gasteiger partial charge >= 0.3 is 5.97 Å². The third-order valence-corrected chi connectivity index (χ3v) is 3.64. The van der Waals surface area contributed by atoms with E-state index in [-0.39, 0.29) is 11.9 Å². The molecule has 0 saturated heterocycles. The Bertz CT molecular complexity index is 550. The van der Waals surface area contributed by atoms with E-state index in [0.29, 0.717) is 11.1 Å². The number of hydrogen-bond donors (Lipinski definition) is 2. The highest BCUT2D eigenvalue weighted by molar-refractivity contribution is 5.98. The van der Waals surface area contributed by atoms with E-state index in [4.69, 9.17) is 5.11 Å². The van der Waals surface area contributed by atoms with E-state index < -0.39 is 5.97 Å². The molecule has 21 heavy (non-hydrogen) atoms. The first kappa shape index (κ1) is 15.2. The van der Waals surface area contributed by atoms with Crippen molar-refractivity contribution in [2.75, 3.05) is 0 Å². The lowest BCUT2D eigenvalue weighted by atomic mass is 10.1. The van der Waals surface area contributed by atoms with E-state index in [0.717, 1.165) is 24.8 Å². The number of carbonyl (C=O) groups is 2. The molecule has 0 bridgehead atoms. The number of nitrogens with zero attached hydrogens (tertiary/aromatic N) is 1. The van der Waals surface area contributed by atoms with Crippen LogP contribution in [-0.2, 0) is 4.79 Å². The Hall–Kier alpha value is -2.17. The van der Waals surface area contributed by atoms with Gasteiger partial charge in [-0.1, -0.05) is 19.8 Å². The van der Waals surface area contributed by atoms with Crippen molar-refractivity contribution < 1.29 is 14.7 Å². The minimum atomic E-state index is -1.05. The molecule has 1 saturated carbocycles. The zero-order chi connectivity index (χ0) is 15.2. The fourth-order valence-corrected chi connectivity index (χ4v) is 2.25. The van der Waals surface area contributed by atoms with Gasteiger partial charge in [-0.05, 0) is 30.9 Å². The number of aromatic nitrogens is 1. The molecule has 5 heteroatoms. The Balaban J connectivity index is 2.08. The summed E-state index contributed by atoms with van der Waals surface area (Å²) in [6.07, 6.45) is 9.87. The minimum Gasteiger partial charge on any atom is -0.478 e. The highest BCUT2D eigenvalue weighted by Crippen LogP contribution is 2.34. The predicted octanol–water partition coefficient (Wildman–Crippen LogP) is 2.49. The van der Waals surface area contributed by atoms with Crippen LogP contribution in [0.15, 0.2) is 24.5 Å². The summed E-state index contributed by atoms with van der Waals surface area (Å²) in [6, 6.07) is 1.79. The zero-order valence-corrected chi connectivity index (χ0v) is 12.1. The van der Waals surface area contributed by atoms with Gasteiger partial charge in [-0.2, -0.15) is 0 Å². The summed E-state index contributed by atoms with van der Waals surface area (Å²) in [6.45, 7) is 2.06. The maximum atomic E-state index is 12.4. The largest absolute Gasteiger partial charge is 0.478 e. The Labute approximate surface area is 124 Å². The molecule has 112 valence electrons. The fourth-order valence-electron chi connectivity index (χ4n) is 2.25. The van der Waals surface area contributed by atoms with Crippen molar-refractivity contribution >= 4 is 18.0 Å². The summed E-state index contributed by atoms with van der Waals surface area (Å²) < 4.78 is 0. The number of pyridine rings is 1. The molecular formula is C16H20N2O3. The summed E-state index contributed by atoms with van der Waals surface area (Å²) in [5.74, 6) is -0.473. The van der Waals surface area contributed by atoms with Gasteiger partial charge in [0.05, 0.1) is 0 Å². The maximum Gasteiger partial charge on any atom is 0.328 e. The van der Waals surface area contributed by atoms with Crippen LogP contribution in [-0.4, -0.2) is 28.0 Å². The SMILES string of the molecule is CCC(CC1CC1)NC(=O)c1ccncc1C=CC(=O)O. The Morgan fingerprint density at radius 3 is 2.90 bits per heavy atom. The van der Waals surface area contributed by atoms with Crippen molar-refractivity contribution in [1.29, 1.82) is 0 Å². The van der Waals surface area contributed by atoms with Crippen LogP contribution in [0.2, 0.25) is 0 Å². The Kier molecular flexibility index (Phi) is 5.09. The standard InChI is InChI=1S/C16H20N2O3/c1-2-13(9-11-3-4-11)18-16(21)14-7-8-17-10-12(14)5-6-15(19)20/h5-8,10-11,13H,2-4,9H2,1H3,(H,18,21)(H,19,20). The second-order valence-electron chi connectivity index (χ2n) is 5.39. The molecule has 0 radical (unpaired) electrons. The van der Waals surface area contributed by atoms with Crippen molar-refractivity contribution in [3.05, 3.63) is 35.7 Å². The molecule has 1 amide bonds. The average molecular weight is 288 g/mol. The highest BCUT2D eigenvalue weighted by atomic mass is 16.4. The van der Waals surface area contributed by atoms with E-state index in [1.807, 2.05) is 0 Å². The van der Waals surface area contributed by atoms with Gasteiger partial charge in [0.1, 0.15) is 0 Å². The normalized spacial score (nSPS) is 15.9. The lowest BCUT2D eigenvalue weighted by Crippen LogP contribution is -2.35. The summed E-state index contributed by atoms with van der Waals surface area (Å²) in [5.41, 5.74) is 0.968. The topological polar surface area (TPSA) is 79.3 Å². The van der Waals surface area contributed by atoms with Crippen molar-refractivity contribution in [2.45, 2.75) is 38.6 Å². The number of carboxylic acids is 1. The van der Waals surface area contributed by atoms with Gasteiger partial charge in [0.2, 0.25) is 0 Å². The van der Waals surface area contributed by atoms with Crippen LogP contribution in [0, 0.1) is 5.92 Å². The number of aliphatic carboxylic acids is 1. The first-order valence-electron chi connectivity index (χ1n) is 7.26. The molecule has 1 aliphatic rings. The van der Waals surface area contributed by atoms with Gasteiger partial charge in [-0.25, -0.2) is 4.79 Å². The molecule has 0 aliphatic heterocycles. The highest BCUT2D eigenvalue weighted by Gasteiger charge is 2.25. The molecule has 1 unspecified atom stereocenters.